The summed E-state index contributed by atoms with van der Waals surface area (Å²) in [6.07, 6.45) is 1.64. The summed E-state index contributed by atoms with van der Waals surface area (Å²) in [5.41, 5.74) is 0.0738. The van der Waals surface area contributed by atoms with E-state index in [-0.39, 0.29) is 5.71 Å². The molecule has 0 saturated heterocycles. The van der Waals surface area contributed by atoms with Crippen molar-refractivity contribution in [3.63, 3.8) is 0 Å². The molecule has 1 radical (unpaired) electrons. The lowest BCUT2D eigenvalue weighted by atomic mass is 10.3. The molecule has 1 aliphatic rings. The predicted molar refractivity (Wildman–Crippen MR) is 46.6 cm³/mol. The largest absolute Gasteiger partial charge is 0.490 e. The zero-order chi connectivity index (χ0) is 8.81. The number of nitrogens with zero attached hydrogens (tertiary/aromatic N) is 1. The molecule has 1 rings (SSSR count). The lowest BCUT2D eigenvalue weighted by molar-refractivity contribution is 0.207. The van der Waals surface area contributed by atoms with Crippen molar-refractivity contribution in [2.75, 3.05) is 19.5 Å². The molecule has 0 saturated carbocycles. The first kappa shape index (κ1) is 9.12. The van der Waals surface area contributed by atoms with E-state index >= 15 is 0 Å². The van der Waals surface area contributed by atoms with Crippen molar-refractivity contribution >= 4 is 23.8 Å². The Morgan fingerprint density at radius 3 is 3.25 bits per heavy atom. The molecular formula is C7H8NO3S. The van der Waals surface area contributed by atoms with E-state index in [1.54, 1.807) is 23.5 Å². The molecule has 65 valence electrons. The lowest BCUT2D eigenvalue weighted by Gasteiger charge is -2.11. The summed E-state index contributed by atoms with van der Waals surface area (Å²) in [4.78, 5) is 14.8. The number of carbonyl (C=O) groups excluding carboxylic acids is 1. The van der Waals surface area contributed by atoms with Gasteiger partial charge >= 0.3 is 0 Å². The van der Waals surface area contributed by atoms with Gasteiger partial charge < -0.3 is 9.57 Å². The third-order valence-corrected chi connectivity index (χ3v) is 1.94. The molecule has 0 N–H and O–H groups in total. The number of thioether (sulfide) groups is 1. The maximum Gasteiger partial charge on any atom is 0.261 e. The van der Waals surface area contributed by atoms with Gasteiger partial charge in [0.25, 0.3) is 6.29 Å². The summed E-state index contributed by atoms with van der Waals surface area (Å²) >= 11 is 1.57. The van der Waals surface area contributed by atoms with Gasteiger partial charge in [-0.2, -0.15) is 0 Å². The quantitative estimate of drug-likeness (QED) is 0.481. The Morgan fingerprint density at radius 1 is 1.92 bits per heavy atom. The molecule has 0 aromatic rings. The second-order valence-corrected chi connectivity index (χ2v) is 2.90. The van der Waals surface area contributed by atoms with Crippen LogP contribution in [0.25, 0.3) is 0 Å². The number of ether oxygens (including phenoxy) is 1. The van der Waals surface area contributed by atoms with Crippen LogP contribution in [-0.4, -0.2) is 31.5 Å². The van der Waals surface area contributed by atoms with Crippen LogP contribution in [0.4, 0.5) is 0 Å². The van der Waals surface area contributed by atoms with Gasteiger partial charge in [0.15, 0.2) is 11.5 Å². The molecule has 4 nitrogen and oxygen atoms in total. The molecule has 0 spiro atoms. The van der Waals surface area contributed by atoms with E-state index in [0.717, 1.165) is 5.75 Å². The van der Waals surface area contributed by atoms with Crippen LogP contribution in [0.15, 0.2) is 16.3 Å². The Hall–Kier alpha value is -0.970. The van der Waals surface area contributed by atoms with Crippen molar-refractivity contribution in [2.45, 2.75) is 0 Å². The fourth-order valence-electron chi connectivity index (χ4n) is 0.698. The molecule has 12 heavy (non-hydrogen) atoms. The maximum atomic E-state index is 10.3. The van der Waals surface area contributed by atoms with Gasteiger partial charge in [-0.05, 0) is 0 Å². The van der Waals surface area contributed by atoms with Crippen LogP contribution in [0.3, 0.4) is 0 Å². The van der Waals surface area contributed by atoms with Gasteiger partial charge in [-0.15, -0.1) is 11.8 Å². The summed E-state index contributed by atoms with van der Waals surface area (Å²) in [6.45, 7) is 0.584. The Morgan fingerprint density at radius 2 is 2.75 bits per heavy atom. The van der Waals surface area contributed by atoms with E-state index in [4.69, 9.17) is 4.74 Å². The number of rotatable bonds is 3. The van der Waals surface area contributed by atoms with Crippen LogP contribution in [0, 0.1) is 0 Å². The molecule has 0 aromatic heterocycles. The molecule has 0 aromatic carbocycles. The minimum atomic E-state index is 0.0738. The molecule has 0 amide bonds. The average molecular weight is 186 g/mol. The standard InChI is InChI=1S/C7H8NO3S/c1-10-8-6(4-9)7-5-12-3-2-11-7/h5H,2-3H2,1H3/b8-6-. The van der Waals surface area contributed by atoms with Crippen molar-refractivity contribution in [1.82, 2.24) is 0 Å². The molecule has 5 heteroatoms. The summed E-state index contributed by atoms with van der Waals surface area (Å²) in [5.74, 6) is 1.32. The molecule has 0 fully saturated rings. The minimum absolute atomic E-state index is 0.0738. The summed E-state index contributed by atoms with van der Waals surface area (Å²) in [7, 11) is 1.37. The van der Waals surface area contributed by atoms with Gasteiger partial charge in [0.05, 0.1) is 6.61 Å². The number of oxime groups is 1. The van der Waals surface area contributed by atoms with Crippen molar-refractivity contribution in [2.24, 2.45) is 5.16 Å². The Bertz CT molecular complexity index is 225. The third-order valence-electron chi connectivity index (χ3n) is 1.16. The molecule has 0 aliphatic carbocycles. The van der Waals surface area contributed by atoms with E-state index in [1.807, 2.05) is 0 Å². The summed E-state index contributed by atoms with van der Waals surface area (Å²) < 4.78 is 5.15. The van der Waals surface area contributed by atoms with E-state index < -0.39 is 0 Å². The molecule has 0 unspecified atom stereocenters. The van der Waals surface area contributed by atoms with Crippen LogP contribution in [0.1, 0.15) is 0 Å². The van der Waals surface area contributed by atoms with Crippen LogP contribution < -0.4 is 0 Å². The smallest absolute Gasteiger partial charge is 0.261 e. The topological polar surface area (TPSA) is 47.9 Å². The average Bonchev–Trinajstić information content (AvgIpc) is 2.15. The maximum absolute atomic E-state index is 10.3. The Kier molecular flexibility index (Phi) is 3.66. The SMILES string of the molecule is CO/N=C(/[C]=O)C1=CSCCO1. The van der Waals surface area contributed by atoms with Gasteiger partial charge in [0.1, 0.15) is 7.11 Å². The van der Waals surface area contributed by atoms with Gasteiger partial charge in [0, 0.05) is 11.2 Å². The van der Waals surface area contributed by atoms with Crippen molar-refractivity contribution in [1.29, 1.82) is 0 Å². The Labute approximate surface area is 74.6 Å². The molecule has 1 aliphatic heterocycles. The highest BCUT2D eigenvalue weighted by Gasteiger charge is 2.12. The van der Waals surface area contributed by atoms with E-state index in [2.05, 4.69) is 9.99 Å². The normalized spacial score (nSPS) is 17.8. The first-order valence-electron chi connectivity index (χ1n) is 3.32. The zero-order valence-corrected chi connectivity index (χ0v) is 7.39. The summed E-state index contributed by atoms with van der Waals surface area (Å²) in [5, 5.41) is 5.18. The fraction of sp³-hybridized carbons (Fsp3) is 0.429. The van der Waals surface area contributed by atoms with Crippen LogP contribution in [-0.2, 0) is 14.4 Å². The Balaban J connectivity index is 2.70. The highest BCUT2D eigenvalue weighted by molar-refractivity contribution is 8.02. The zero-order valence-electron chi connectivity index (χ0n) is 6.57. The van der Waals surface area contributed by atoms with Crippen molar-refractivity contribution < 1.29 is 14.4 Å². The van der Waals surface area contributed by atoms with Gasteiger partial charge in [-0.3, -0.25) is 4.79 Å². The van der Waals surface area contributed by atoms with Crippen molar-refractivity contribution in [3.05, 3.63) is 11.2 Å². The first-order chi connectivity index (χ1) is 5.88. The van der Waals surface area contributed by atoms with E-state index in [1.165, 1.54) is 7.11 Å². The third kappa shape index (κ3) is 2.27. The first-order valence-corrected chi connectivity index (χ1v) is 4.37. The number of hydrogen-bond donors (Lipinski definition) is 0. The van der Waals surface area contributed by atoms with Crippen LogP contribution in [0.2, 0.25) is 0 Å². The van der Waals surface area contributed by atoms with E-state index in [0.29, 0.717) is 12.4 Å². The number of allylic oxidation sites excluding steroid dienone is 1. The van der Waals surface area contributed by atoms with Gasteiger partial charge in [-0.25, -0.2) is 0 Å². The van der Waals surface area contributed by atoms with Crippen LogP contribution in [0.5, 0.6) is 0 Å². The highest BCUT2D eigenvalue weighted by Crippen LogP contribution is 2.15. The molecule has 1 heterocycles. The van der Waals surface area contributed by atoms with E-state index in [9.17, 15) is 4.79 Å². The lowest BCUT2D eigenvalue weighted by Crippen LogP contribution is -2.12. The second kappa shape index (κ2) is 4.82. The molecular weight excluding hydrogens is 178 g/mol. The summed E-state index contributed by atoms with van der Waals surface area (Å²) in [6, 6.07) is 0. The monoisotopic (exact) mass is 186 g/mol. The van der Waals surface area contributed by atoms with Crippen LogP contribution >= 0.6 is 11.8 Å². The minimum Gasteiger partial charge on any atom is -0.490 e. The van der Waals surface area contributed by atoms with Crippen molar-refractivity contribution in [3.8, 4) is 0 Å². The van der Waals surface area contributed by atoms with Gasteiger partial charge in [0.2, 0.25) is 0 Å². The molecule has 0 bridgehead atoms. The van der Waals surface area contributed by atoms with Gasteiger partial charge in [-0.1, -0.05) is 5.16 Å². The predicted octanol–water partition coefficient (Wildman–Crippen LogP) is 0.703. The second-order valence-electron chi connectivity index (χ2n) is 1.93. The number of hydrogen-bond acceptors (Lipinski definition) is 5. The fourth-order valence-corrected chi connectivity index (χ4v) is 1.33. The molecule has 0 atom stereocenters. The highest BCUT2D eigenvalue weighted by atomic mass is 32.2.